The second-order valence-corrected chi connectivity index (χ2v) is 8.11. The second-order valence-electron chi connectivity index (χ2n) is 8.11. The number of carbonyl (C=O) groups excluding carboxylic acids is 1. The quantitative estimate of drug-likeness (QED) is 0.326. The van der Waals surface area contributed by atoms with E-state index in [1.54, 1.807) is 43.3 Å². The molecule has 1 heterocycles. The van der Waals surface area contributed by atoms with E-state index in [1.807, 2.05) is 6.07 Å². The predicted octanol–water partition coefficient (Wildman–Crippen LogP) is 1.44. The predicted molar refractivity (Wildman–Crippen MR) is 125 cm³/mol. The Bertz CT molecular complexity index is 966. The zero-order valence-electron chi connectivity index (χ0n) is 19.5. The molecule has 0 aromatic heterocycles. The molecule has 0 radical (unpaired) electrons. The van der Waals surface area contributed by atoms with Crippen LogP contribution in [0.4, 0.5) is 0 Å². The first-order chi connectivity index (χ1) is 16.8. The van der Waals surface area contributed by atoms with Crippen molar-refractivity contribution in [2.24, 2.45) is 0 Å². The Morgan fingerprint density at radius 1 is 1.03 bits per heavy atom. The van der Waals surface area contributed by atoms with Crippen LogP contribution in [0, 0.1) is 0 Å². The number of carbonyl (C=O) groups is 2. The van der Waals surface area contributed by atoms with Crippen molar-refractivity contribution in [2.45, 2.75) is 37.9 Å². The van der Waals surface area contributed by atoms with Gasteiger partial charge in [-0.3, -0.25) is 4.79 Å². The summed E-state index contributed by atoms with van der Waals surface area (Å²) in [6, 6.07) is 13.7. The maximum atomic E-state index is 12.0. The highest BCUT2D eigenvalue weighted by molar-refractivity contribution is 5.89. The first-order valence-corrected chi connectivity index (χ1v) is 11.4. The molecule has 10 nitrogen and oxygen atoms in total. The van der Waals surface area contributed by atoms with Crippen molar-refractivity contribution in [2.75, 3.05) is 33.0 Å². The smallest absolute Gasteiger partial charge is 0.335 e. The molecule has 0 saturated carbocycles. The summed E-state index contributed by atoms with van der Waals surface area (Å²) in [7, 11) is 0. The highest BCUT2D eigenvalue weighted by atomic mass is 16.7. The minimum atomic E-state index is -0.985. The standard InChI is InChI=1S/C25H31NO9/c1-16-21(27)14-22(28)25(35-16)33-12-11-32-10-9-26-23(29)15-34-20-7-5-17(6-8-20)18-3-2-4-19(13-18)24(30)31/h2-8,13,16,21-22,25,27-28H,9-12,14-15H2,1H3,(H,26,29)(H,30,31)/t16-,21?,22+,25?/m0/s1. The van der Waals surface area contributed by atoms with Crippen molar-refractivity contribution >= 4 is 11.9 Å². The van der Waals surface area contributed by atoms with E-state index in [0.29, 0.717) is 12.3 Å². The number of hydrogen-bond acceptors (Lipinski definition) is 8. The van der Waals surface area contributed by atoms with Gasteiger partial charge in [0.05, 0.1) is 37.6 Å². The summed E-state index contributed by atoms with van der Waals surface area (Å²) >= 11 is 0. The van der Waals surface area contributed by atoms with Gasteiger partial charge in [0.1, 0.15) is 11.9 Å². The largest absolute Gasteiger partial charge is 0.484 e. The molecule has 1 amide bonds. The minimum absolute atomic E-state index is 0.155. The van der Waals surface area contributed by atoms with Crippen LogP contribution in [0.5, 0.6) is 5.75 Å². The van der Waals surface area contributed by atoms with Gasteiger partial charge < -0.3 is 39.6 Å². The average molecular weight is 490 g/mol. The van der Waals surface area contributed by atoms with Crippen molar-refractivity contribution in [1.29, 1.82) is 0 Å². The molecule has 10 heteroatoms. The molecular formula is C25H31NO9. The molecular weight excluding hydrogens is 458 g/mol. The number of benzene rings is 2. The molecule has 2 unspecified atom stereocenters. The van der Waals surface area contributed by atoms with Crippen molar-refractivity contribution in [3.05, 3.63) is 54.1 Å². The summed E-state index contributed by atoms with van der Waals surface area (Å²) in [5.41, 5.74) is 1.82. The van der Waals surface area contributed by atoms with Gasteiger partial charge in [-0.2, -0.15) is 0 Å². The zero-order chi connectivity index (χ0) is 25.2. The topological polar surface area (TPSA) is 144 Å². The van der Waals surface area contributed by atoms with Gasteiger partial charge in [0.2, 0.25) is 0 Å². The molecule has 1 aliphatic heterocycles. The summed E-state index contributed by atoms with van der Waals surface area (Å²) in [5, 5.41) is 31.3. The fourth-order valence-electron chi connectivity index (χ4n) is 3.46. The van der Waals surface area contributed by atoms with Crippen LogP contribution in [0.3, 0.4) is 0 Å². The van der Waals surface area contributed by atoms with Crippen molar-refractivity contribution in [3.63, 3.8) is 0 Å². The van der Waals surface area contributed by atoms with Crippen LogP contribution >= 0.6 is 0 Å². The van der Waals surface area contributed by atoms with Gasteiger partial charge in [-0.1, -0.05) is 24.3 Å². The van der Waals surface area contributed by atoms with Gasteiger partial charge in [-0.15, -0.1) is 0 Å². The molecule has 0 bridgehead atoms. The highest BCUT2D eigenvalue weighted by Crippen LogP contribution is 2.23. The van der Waals surface area contributed by atoms with E-state index >= 15 is 0 Å². The molecule has 4 atom stereocenters. The van der Waals surface area contributed by atoms with Crippen molar-refractivity contribution in [3.8, 4) is 16.9 Å². The summed E-state index contributed by atoms with van der Waals surface area (Å²) in [5.74, 6) is -0.767. The van der Waals surface area contributed by atoms with Gasteiger partial charge in [0.15, 0.2) is 12.9 Å². The second kappa shape index (κ2) is 13.2. The fraction of sp³-hybridized carbons (Fsp3) is 0.440. The Balaban J connectivity index is 1.27. The Morgan fingerprint density at radius 2 is 1.80 bits per heavy atom. The van der Waals surface area contributed by atoms with Gasteiger partial charge in [-0.05, 0) is 42.3 Å². The van der Waals surface area contributed by atoms with Crippen LogP contribution in [-0.2, 0) is 19.0 Å². The lowest BCUT2D eigenvalue weighted by atomic mass is 10.0. The van der Waals surface area contributed by atoms with Crippen LogP contribution in [0.2, 0.25) is 0 Å². The monoisotopic (exact) mass is 489 g/mol. The third kappa shape index (κ3) is 8.30. The van der Waals surface area contributed by atoms with Crippen LogP contribution < -0.4 is 10.1 Å². The maximum Gasteiger partial charge on any atom is 0.335 e. The third-order valence-electron chi connectivity index (χ3n) is 5.43. The maximum absolute atomic E-state index is 12.0. The van der Waals surface area contributed by atoms with Crippen LogP contribution in [0.25, 0.3) is 11.1 Å². The number of aliphatic hydroxyl groups is 2. The molecule has 1 aliphatic rings. The molecule has 2 aromatic rings. The summed E-state index contributed by atoms with van der Waals surface area (Å²) in [4.78, 5) is 23.1. The normalized spacial score (nSPS) is 21.9. The van der Waals surface area contributed by atoms with Gasteiger partial charge in [0.25, 0.3) is 5.91 Å². The van der Waals surface area contributed by atoms with E-state index < -0.39 is 30.6 Å². The first kappa shape index (κ1) is 26.6. The summed E-state index contributed by atoms with van der Waals surface area (Å²) < 4.78 is 21.7. The first-order valence-electron chi connectivity index (χ1n) is 11.4. The number of ether oxygens (including phenoxy) is 4. The number of amides is 1. The number of aliphatic hydroxyl groups excluding tert-OH is 2. The average Bonchev–Trinajstić information content (AvgIpc) is 2.85. The van der Waals surface area contributed by atoms with Crippen LogP contribution in [0.1, 0.15) is 23.7 Å². The molecule has 35 heavy (non-hydrogen) atoms. The van der Waals surface area contributed by atoms with E-state index in [0.717, 1.165) is 11.1 Å². The highest BCUT2D eigenvalue weighted by Gasteiger charge is 2.34. The lowest BCUT2D eigenvalue weighted by Crippen LogP contribution is -2.47. The Morgan fingerprint density at radius 3 is 2.54 bits per heavy atom. The SMILES string of the molecule is C[C@@H]1OC(OCCOCCNC(=O)COc2ccc(-c3cccc(C(=O)O)c3)cc2)[C@H](O)CC1O. The number of rotatable bonds is 12. The number of carboxylic acids is 1. The summed E-state index contributed by atoms with van der Waals surface area (Å²) in [6.07, 6.45) is -2.60. The van der Waals surface area contributed by atoms with Gasteiger partial charge >= 0.3 is 5.97 Å². The molecule has 2 aromatic carbocycles. The molecule has 4 N–H and O–H groups in total. The molecule has 0 aliphatic carbocycles. The lowest BCUT2D eigenvalue weighted by molar-refractivity contribution is -0.263. The molecule has 1 fully saturated rings. The van der Waals surface area contributed by atoms with Gasteiger partial charge in [0, 0.05) is 13.0 Å². The van der Waals surface area contributed by atoms with E-state index in [1.165, 1.54) is 6.07 Å². The van der Waals surface area contributed by atoms with Crippen molar-refractivity contribution < 1.29 is 43.9 Å². The number of nitrogens with one attached hydrogen (secondary N) is 1. The fourth-order valence-corrected chi connectivity index (χ4v) is 3.46. The third-order valence-corrected chi connectivity index (χ3v) is 5.43. The number of aromatic carboxylic acids is 1. The van der Waals surface area contributed by atoms with Crippen LogP contribution in [-0.4, -0.2) is 84.8 Å². The number of carboxylic acid groups (broad SMARTS) is 1. The van der Waals surface area contributed by atoms with Crippen LogP contribution in [0.15, 0.2) is 48.5 Å². The van der Waals surface area contributed by atoms with E-state index in [2.05, 4.69) is 5.32 Å². The minimum Gasteiger partial charge on any atom is -0.484 e. The summed E-state index contributed by atoms with van der Waals surface area (Å²) in [6.45, 7) is 2.61. The Labute approximate surface area is 203 Å². The number of hydrogen-bond donors (Lipinski definition) is 4. The molecule has 0 spiro atoms. The molecule has 3 rings (SSSR count). The van der Waals surface area contributed by atoms with E-state index in [4.69, 9.17) is 24.1 Å². The lowest BCUT2D eigenvalue weighted by Gasteiger charge is -2.35. The Kier molecular flexibility index (Phi) is 10.0. The van der Waals surface area contributed by atoms with E-state index in [9.17, 15) is 19.8 Å². The Hall–Kier alpha value is -3.02. The van der Waals surface area contributed by atoms with E-state index in [-0.39, 0.29) is 44.3 Å². The molecule has 190 valence electrons. The molecule has 1 saturated heterocycles. The van der Waals surface area contributed by atoms with Gasteiger partial charge in [-0.25, -0.2) is 4.79 Å². The van der Waals surface area contributed by atoms with Crippen molar-refractivity contribution in [1.82, 2.24) is 5.32 Å². The zero-order valence-corrected chi connectivity index (χ0v) is 19.5.